The van der Waals surface area contributed by atoms with Crippen LogP contribution < -0.4 is 0 Å². The highest BCUT2D eigenvalue weighted by molar-refractivity contribution is 6.21. The zero-order chi connectivity index (χ0) is 11.3. The highest BCUT2D eigenvalue weighted by atomic mass is 35.5. The van der Waals surface area contributed by atoms with Crippen LogP contribution in [0.2, 0.25) is 0 Å². The van der Waals surface area contributed by atoms with E-state index in [0.717, 1.165) is 19.6 Å². The van der Waals surface area contributed by atoms with Gasteiger partial charge in [0.1, 0.15) is 6.10 Å². The molecule has 0 saturated heterocycles. The minimum Gasteiger partial charge on any atom is -0.375 e. The van der Waals surface area contributed by atoms with Crippen LogP contribution in [0.5, 0.6) is 0 Å². The largest absolute Gasteiger partial charge is 0.375 e. The van der Waals surface area contributed by atoms with Gasteiger partial charge in [0.2, 0.25) is 0 Å². The van der Waals surface area contributed by atoms with Crippen molar-refractivity contribution in [2.45, 2.75) is 57.6 Å². The van der Waals surface area contributed by atoms with Crippen LogP contribution in [0.15, 0.2) is 0 Å². The van der Waals surface area contributed by atoms with Gasteiger partial charge in [-0.3, -0.25) is 0 Å². The Balaban J connectivity index is 2.16. The Bertz CT molecular complexity index is 175. The van der Waals surface area contributed by atoms with Crippen LogP contribution in [0, 0.1) is 5.92 Å². The summed E-state index contributed by atoms with van der Waals surface area (Å²) in [5.74, 6) is 0.645. The van der Waals surface area contributed by atoms with Gasteiger partial charge in [0, 0.05) is 13.2 Å². The molecule has 0 aliphatic heterocycles. The number of rotatable bonds is 7. The fourth-order valence-corrected chi connectivity index (χ4v) is 2.37. The normalized spacial score (nSPS) is 32.4. The molecule has 90 valence electrons. The molecule has 0 amide bonds. The molecule has 1 aliphatic carbocycles. The predicted octanol–water partition coefficient (Wildman–Crippen LogP) is 3.22. The van der Waals surface area contributed by atoms with E-state index in [1.54, 1.807) is 0 Å². The average Bonchev–Trinajstić information content (AvgIpc) is 2.21. The van der Waals surface area contributed by atoms with Gasteiger partial charge < -0.3 is 9.47 Å². The summed E-state index contributed by atoms with van der Waals surface area (Å²) in [6.45, 7) is 8.00. The molecule has 3 heteroatoms. The highest BCUT2D eigenvalue weighted by Gasteiger charge is 2.41. The van der Waals surface area contributed by atoms with Crippen LogP contribution in [0.3, 0.4) is 0 Å². The molecule has 0 aromatic carbocycles. The molecule has 0 N–H and O–H groups in total. The third-order valence-corrected chi connectivity index (χ3v) is 3.34. The zero-order valence-corrected chi connectivity index (χ0v) is 10.8. The first-order valence-electron chi connectivity index (χ1n) is 6.06. The predicted molar refractivity (Wildman–Crippen MR) is 63.5 cm³/mol. The summed E-state index contributed by atoms with van der Waals surface area (Å²) in [6.07, 6.45) is 3.74. The van der Waals surface area contributed by atoms with E-state index in [4.69, 9.17) is 21.1 Å². The van der Waals surface area contributed by atoms with Crippen LogP contribution >= 0.6 is 11.6 Å². The summed E-state index contributed by atoms with van der Waals surface area (Å²) >= 11 is 6.06. The van der Waals surface area contributed by atoms with E-state index in [0.29, 0.717) is 5.92 Å². The lowest BCUT2D eigenvalue weighted by molar-refractivity contribution is -0.127. The lowest BCUT2D eigenvalue weighted by atomic mass is 9.90. The van der Waals surface area contributed by atoms with Crippen molar-refractivity contribution < 1.29 is 9.47 Å². The van der Waals surface area contributed by atoms with Crippen molar-refractivity contribution in [2.75, 3.05) is 13.2 Å². The molecule has 1 saturated carbocycles. The topological polar surface area (TPSA) is 18.5 Å². The second kappa shape index (κ2) is 6.72. The van der Waals surface area contributed by atoms with Crippen LogP contribution in [0.25, 0.3) is 0 Å². The molecule has 4 unspecified atom stereocenters. The maximum absolute atomic E-state index is 6.06. The van der Waals surface area contributed by atoms with Crippen molar-refractivity contribution in [1.82, 2.24) is 0 Å². The maximum atomic E-state index is 6.06. The van der Waals surface area contributed by atoms with E-state index in [2.05, 4.69) is 13.8 Å². The van der Waals surface area contributed by atoms with Gasteiger partial charge in [-0.1, -0.05) is 20.3 Å². The van der Waals surface area contributed by atoms with Crippen LogP contribution in [0.4, 0.5) is 0 Å². The van der Waals surface area contributed by atoms with E-state index in [-0.39, 0.29) is 17.6 Å². The lowest BCUT2D eigenvalue weighted by Gasteiger charge is -2.40. The lowest BCUT2D eigenvalue weighted by Crippen LogP contribution is -2.51. The molecule has 0 aromatic heterocycles. The Hall–Kier alpha value is 0.210. The SMILES string of the molecule is CCCC(C)COC1CC(Cl)C1OCC. The summed E-state index contributed by atoms with van der Waals surface area (Å²) < 4.78 is 11.4. The van der Waals surface area contributed by atoms with Crippen molar-refractivity contribution in [2.24, 2.45) is 5.92 Å². The average molecular weight is 235 g/mol. The summed E-state index contributed by atoms with van der Waals surface area (Å²) in [4.78, 5) is 0. The van der Waals surface area contributed by atoms with Crippen LogP contribution in [0.1, 0.15) is 40.0 Å². The molecule has 15 heavy (non-hydrogen) atoms. The van der Waals surface area contributed by atoms with E-state index in [1.165, 1.54) is 12.8 Å². The summed E-state index contributed by atoms with van der Waals surface area (Å²) in [5, 5.41) is 0.149. The first-order valence-corrected chi connectivity index (χ1v) is 6.49. The fourth-order valence-electron chi connectivity index (χ4n) is 1.96. The number of hydrogen-bond donors (Lipinski definition) is 0. The van der Waals surface area contributed by atoms with Gasteiger partial charge in [0.25, 0.3) is 0 Å². The van der Waals surface area contributed by atoms with Crippen molar-refractivity contribution in [3.05, 3.63) is 0 Å². The Kier molecular flexibility index (Phi) is 5.95. The molecular weight excluding hydrogens is 212 g/mol. The van der Waals surface area contributed by atoms with Gasteiger partial charge >= 0.3 is 0 Å². The van der Waals surface area contributed by atoms with Crippen LogP contribution in [-0.4, -0.2) is 30.8 Å². The Morgan fingerprint density at radius 2 is 2.07 bits per heavy atom. The smallest absolute Gasteiger partial charge is 0.100 e. The van der Waals surface area contributed by atoms with Crippen molar-refractivity contribution in [3.8, 4) is 0 Å². The molecule has 1 aliphatic rings. The molecule has 0 spiro atoms. The van der Waals surface area contributed by atoms with Gasteiger partial charge in [-0.05, 0) is 25.7 Å². The summed E-state index contributed by atoms with van der Waals surface area (Å²) in [5.41, 5.74) is 0. The maximum Gasteiger partial charge on any atom is 0.100 e. The summed E-state index contributed by atoms with van der Waals surface area (Å²) in [6, 6.07) is 0. The van der Waals surface area contributed by atoms with E-state index in [9.17, 15) is 0 Å². The molecule has 2 nitrogen and oxygen atoms in total. The van der Waals surface area contributed by atoms with Gasteiger partial charge in [0.15, 0.2) is 0 Å². The van der Waals surface area contributed by atoms with Gasteiger partial charge in [-0.2, -0.15) is 0 Å². The second-order valence-corrected chi connectivity index (χ2v) is 5.00. The monoisotopic (exact) mass is 234 g/mol. The second-order valence-electron chi connectivity index (χ2n) is 4.44. The number of hydrogen-bond acceptors (Lipinski definition) is 2. The third-order valence-electron chi connectivity index (χ3n) is 2.92. The Labute approximate surface area is 98.3 Å². The highest BCUT2D eigenvalue weighted by Crippen LogP contribution is 2.32. The van der Waals surface area contributed by atoms with Crippen LogP contribution in [-0.2, 0) is 9.47 Å². The molecule has 1 fully saturated rings. The molecule has 4 atom stereocenters. The van der Waals surface area contributed by atoms with Crippen molar-refractivity contribution >= 4 is 11.6 Å². The number of ether oxygens (including phenoxy) is 2. The quantitative estimate of drug-likeness (QED) is 0.630. The van der Waals surface area contributed by atoms with Crippen molar-refractivity contribution in [1.29, 1.82) is 0 Å². The number of halogens is 1. The summed E-state index contributed by atoms with van der Waals surface area (Å²) in [7, 11) is 0. The van der Waals surface area contributed by atoms with Gasteiger partial charge in [-0.25, -0.2) is 0 Å². The molecule has 0 heterocycles. The minimum atomic E-state index is 0.116. The molecular formula is C12H23ClO2. The van der Waals surface area contributed by atoms with Gasteiger partial charge in [-0.15, -0.1) is 11.6 Å². The standard InChI is InChI=1S/C12H23ClO2/c1-4-6-9(3)8-15-11-7-10(13)12(11)14-5-2/h9-12H,4-8H2,1-3H3. The van der Waals surface area contributed by atoms with E-state index in [1.807, 2.05) is 6.92 Å². The number of alkyl halides is 1. The van der Waals surface area contributed by atoms with E-state index >= 15 is 0 Å². The zero-order valence-electron chi connectivity index (χ0n) is 10.0. The van der Waals surface area contributed by atoms with Crippen molar-refractivity contribution in [3.63, 3.8) is 0 Å². The molecule has 1 rings (SSSR count). The first kappa shape index (κ1) is 13.3. The Morgan fingerprint density at radius 1 is 1.33 bits per heavy atom. The molecule has 0 bridgehead atoms. The van der Waals surface area contributed by atoms with Gasteiger partial charge in [0.05, 0.1) is 11.5 Å². The minimum absolute atomic E-state index is 0.116. The first-order chi connectivity index (χ1) is 7.19. The molecule has 0 radical (unpaired) electrons. The van der Waals surface area contributed by atoms with E-state index < -0.39 is 0 Å². The Morgan fingerprint density at radius 3 is 2.60 bits per heavy atom. The third kappa shape index (κ3) is 3.93. The molecule has 0 aromatic rings. The fraction of sp³-hybridized carbons (Fsp3) is 1.00.